The molecule has 0 aromatic carbocycles. The Labute approximate surface area is 399 Å². The highest BCUT2D eigenvalue weighted by atomic mass is 31.2. The maximum atomic E-state index is 12.1. The molecule has 2 fully saturated rings. The van der Waals surface area contributed by atoms with Crippen molar-refractivity contribution >= 4 is 27.0 Å². The number of rotatable bonds is 41. The number of unbranched alkanes of at least 4 members (excludes halogenated alkanes) is 5. The summed E-state index contributed by atoms with van der Waals surface area (Å²) in [6.07, 6.45) is -6.19. The van der Waals surface area contributed by atoms with Gasteiger partial charge in [-0.15, -0.1) is 0 Å². The van der Waals surface area contributed by atoms with Crippen molar-refractivity contribution in [3.05, 3.63) is 0 Å². The van der Waals surface area contributed by atoms with Crippen molar-refractivity contribution in [1.82, 2.24) is 10.6 Å². The van der Waals surface area contributed by atoms with Crippen molar-refractivity contribution in [2.45, 2.75) is 164 Å². The molecular formula is C42H82N2O22P2. The van der Waals surface area contributed by atoms with Crippen LogP contribution >= 0.6 is 15.2 Å². The minimum absolute atomic E-state index is 0.0944. The van der Waals surface area contributed by atoms with Crippen molar-refractivity contribution in [1.29, 1.82) is 0 Å². The first-order valence-electron chi connectivity index (χ1n) is 24.0. The van der Waals surface area contributed by atoms with E-state index in [1.807, 2.05) is 0 Å². The summed E-state index contributed by atoms with van der Waals surface area (Å²) in [5, 5.41) is 66.2. The summed E-state index contributed by atoms with van der Waals surface area (Å²) in [6, 6.07) is 0. The summed E-state index contributed by atoms with van der Waals surface area (Å²) in [7, 11) is -8.67. The van der Waals surface area contributed by atoms with Crippen molar-refractivity contribution in [2.75, 3.05) is 91.5 Å². The molecule has 68 heavy (non-hydrogen) atoms. The van der Waals surface area contributed by atoms with Crippen LogP contribution in [-0.4, -0.2) is 215 Å². The number of hydrogen-bond donors (Lipinski definition) is 12. The van der Waals surface area contributed by atoms with Gasteiger partial charge in [-0.25, -0.2) is 0 Å². The molecule has 2 saturated heterocycles. The molecule has 10 atom stereocenters. The average molecular weight is 1030 g/mol. The third-order valence-electron chi connectivity index (χ3n) is 11.0. The highest BCUT2D eigenvalue weighted by molar-refractivity contribution is 7.52. The maximum absolute atomic E-state index is 12.1. The van der Waals surface area contributed by atoms with Crippen LogP contribution in [0.4, 0.5) is 0 Å². The molecule has 0 radical (unpaired) electrons. The van der Waals surface area contributed by atoms with Gasteiger partial charge in [0.05, 0.1) is 24.5 Å². The zero-order chi connectivity index (χ0) is 50.2. The van der Waals surface area contributed by atoms with Gasteiger partial charge >= 0.3 is 15.2 Å². The molecule has 0 spiro atoms. The quantitative estimate of drug-likeness (QED) is 0.0272. The predicted molar refractivity (Wildman–Crippen MR) is 242 cm³/mol. The van der Waals surface area contributed by atoms with E-state index >= 15 is 0 Å². The summed E-state index contributed by atoms with van der Waals surface area (Å²) in [5.74, 6) is -0.189. The standard InChI is InChI=1S/C42H82N2O22P2/c45-33(43-17-1-3-27-63-41-39(51)37(49)35(47)31(65-41)15-29-67(53,54)55)13-11-25-61-23-9-7-21-59-19-5-6-20-60-22-8-10-24-62-26-12-14-34(46)44-18-2-4-28-64-42-40(52)38(50)36(48)32(66-42)16-30-68(56,57)58/h31-32,35-42,47-52H,1-30H2,(H,43,45)(H,44,46)(H2,53,54,55)(H2,56,57,58)/t31-,32-,35-,36-,37+,38+,39+,40+,41+,42+/m1/s1. The van der Waals surface area contributed by atoms with Crippen molar-refractivity contribution in [2.24, 2.45) is 0 Å². The molecule has 0 bridgehead atoms. The van der Waals surface area contributed by atoms with Gasteiger partial charge in [0.15, 0.2) is 12.6 Å². The minimum Gasteiger partial charge on any atom is -0.388 e. The fourth-order valence-electron chi connectivity index (χ4n) is 6.96. The number of amides is 2. The lowest BCUT2D eigenvalue weighted by Crippen LogP contribution is -2.58. The maximum Gasteiger partial charge on any atom is 0.325 e. The minimum atomic E-state index is -4.34. The van der Waals surface area contributed by atoms with E-state index in [4.69, 9.17) is 57.5 Å². The van der Waals surface area contributed by atoms with Gasteiger partial charge < -0.3 is 98.7 Å². The Morgan fingerprint density at radius 3 is 1.01 bits per heavy atom. The molecule has 24 nitrogen and oxygen atoms in total. The van der Waals surface area contributed by atoms with Crippen molar-refractivity contribution in [3.63, 3.8) is 0 Å². The summed E-state index contributed by atoms with van der Waals surface area (Å²) < 4.78 is 66.8. The number of aliphatic hydroxyl groups is 6. The van der Waals surface area contributed by atoms with Gasteiger partial charge in [0.1, 0.15) is 36.6 Å². The molecular weight excluding hydrogens is 946 g/mol. The molecule has 2 aliphatic rings. The van der Waals surface area contributed by atoms with Gasteiger partial charge in [0.25, 0.3) is 0 Å². The molecule has 402 valence electrons. The third-order valence-corrected chi connectivity index (χ3v) is 12.6. The second kappa shape index (κ2) is 36.6. The van der Waals surface area contributed by atoms with Gasteiger partial charge in [-0.1, -0.05) is 0 Å². The summed E-state index contributed by atoms with van der Waals surface area (Å²) in [6.45, 7) is 5.89. The zero-order valence-corrected chi connectivity index (χ0v) is 41.0. The number of hydrogen-bond acceptors (Lipinski definition) is 18. The number of carbonyl (C=O) groups excluding carboxylic acids is 2. The van der Waals surface area contributed by atoms with E-state index < -0.39 is 88.9 Å². The van der Waals surface area contributed by atoms with Crippen LogP contribution in [0.2, 0.25) is 0 Å². The molecule has 0 aromatic heterocycles. The second-order valence-corrected chi connectivity index (χ2v) is 20.6. The molecule has 2 rings (SSSR count). The summed E-state index contributed by atoms with van der Waals surface area (Å²) in [4.78, 5) is 60.5. The fourth-order valence-corrected chi connectivity index (χ4v) is 8.15. The third kappa shape index (κ3) is 29.9. The lowest BCUT2D eigenvalue weighted by molar-refractivity contribution is -0.297. The van der Waals surface area contributed by atoms with E-state index in [0.717, 1.165) is 38.5 Å². The first kappa shape index (κ1) is 62.8. The number of nitrogens with one attached hydrogen (secondary N) is 2. The van der Waals surface area contributed by atoms with E-state index in [1.165, 1.54) is 0 Å². The number of aliphatic hydroxyl groups excluding tert-OH is 6. The average Bonchev–Trinajstić information content (AvgIpc) is 3.28. The lowest BCUT2D eigenvalue weighted by Gasteiger charge is -2.40. The Kier molecular flexibility index (Phi) is 33.8. The summed E-state index contributed by atoms with van der Waals surface area (Å²) in [5.41, 5.74) is 0. The molecule has 2 amide bonds. The zero-order valence-electron chi connectivity index (χ0n) is 39.3. The Morgan fingerprint density at radius 2 is 0.706 bits per heavy atom. The smallest absolute Gasteiger partial charge is 0.325 e. The van der Waals surface area contributed by atoms with Crippen LogP contribution in [0.1, 0.15) is 103 Å². The highest BCUT2D eigenvalue weighted by Crippen LogP contribution is 2.38. The van der Waals surface area contributed by atoms with Gasteiger partial charge in [0, 0.05) is 92.0 Å². The van der Waals surface area contributed by atoms with Crippen LogP contribution in [0.15, 0.2) is 0 Å². The first-order chi connectivity index (χ1) is 32.4. The largest absolute Gasteiger partial charge is 0.388 e. The van der Waals surface area contributed by atoms with Crippen LogP contribution in [0.25, 0.3) is 0 Å². The SMILES string of the molecule is O=C(CCCOCCCCOCCCCOCCCCOCCCC(=O)NCCCCO[C@H]1O[C@H](CCP(=O)(O)O)[C@@H](O)[C@H](O)[C@@H]1O)NCCCCO[C@H]1O[C@H](CCP(=O)(O)O)[C@@H](O)[C@H](O)[C@@H]1O. The van der Waals surface area contributed by atoms with Crippen LogP contribution in [0.3, 0.4) is 0 Å². The van der Waals surface area contributed by atoms with E-state index in [-0.39, 0.29) is 37.9 Å². The fraction of sp³-hybridized carbons (Fsp3) is 0.952. The van der Waals surface area contributed by atoms with Crippen molar-refractivity contribution < 1.29 is 107 Å². The Hall–Kier alpha value is -1.32. The number of carbonyl (C=O) groups is 2. The van der Waals surface area contributed by atoms with Crippen LogP contribution in [-0.2, 0) is 56.6 Å². The van der Waals surface area contributed by atoms with Gasteiger partial charge in [-0.05, 0) is 89.9 Å². The van der Waals surface area contributed by atoms with Gasteiger partial charge in [-0.3, -0.25) is 18.7 Å². The Bertz CT molecular complexity index is 1310. The highest BCUT2D eigenvalue weighted by Gasteiger charge is 2.45. The molecule has 12 N–H and O–H groups in total. The van der Waals surface area contributed by atoms with Gasteiger partial charge in [0.2, 0.25) is 11.8 Å². The number of ether oxygens (including phenoxy) is 8. The summed E-state index contributed by atoms with van der Waals surface area (Å²) >= 11 is 0. The van der Waals surface area contributed by atoms with Crippen LogP contribution in [0.5, 0.6) is 0 Å². The normalized spacial score (nSPS) is 25.7. The first-order valence-corrected chi connectivity index (χ1v) is 27.5. The van der Waals surface area contributed by atoms with Crippen LogP contribution in [0, 0.1) is 0 Å². The molecule has 0 unspecified atom stereocenters. The van der Waals surface area contributed by atoms with Gasteiger partial charge in [-0.2, -0.15) is 0 Å². The molecule has 0 saturated carbocycles. The molecule has 2 heterocycles. The van der Waals surface area contributed by atoms with E-state index in [0.29, 0.717) is 117 Å². The van der Waals surface area contributed by atoms with E-state index in [9.17, 15) is 49.4 Å². The van der Waals surface area contributed by atoms with E-state index in [2.05, 4.69) is 10.6 Å². The van der Waals surface area contributed by atoms with E-state index in [1.54, 1.807) is 0 Å². The second-order valence-electron chi connectivity index (χ2n) is 17.0. The Morgan fingerprint density at radius 1 is 0.412 bits per heavy atom. The molecule has 0 aromatic rings. The molecule has 26 heteroatoms. The molecule has 2 aliphatic heterocycles. The monoisotopic (exact) mass is 1030 g/mol. The predicted octanol–water partition coefficient (Wildman–Crippen LogP) is -0.469. The van der Waals surface area contributed by atoms with Crippen LogP contribution < -0.4 is 10.6 Å². The lowest BCUT2D eigenvalue weighted by atomic mass is 9.97. The topological polar surface area (TPSA) is 368 Å². The molecule has 0 aliphatic carbocycles. The van der Waals surface area contributed by atoms with Crippen molar-refractivity contribution in [3.8, 4) is 0 Å². The Balaban J connectivity index is 1.27.